The summed E-state index contributed by atoms with van der Waals surface area (Å²) in [7, 11) is 0. The molecule has 19 heavy (non-hydrogen) atoms. The molecule has 1 aromatic carbocycles. The second kappa shape index (κ2) is 7.36. The molecule has 0 atom stereocenters. The van der Waals surface area contributed by atoms with Gasteiger partial charge in [0.05, 0.1) is 0 Å². The molecule has 106 valence electrons. The third-order valence-electron chi connectivity index (χ3n) is 3.38. The van der Waals surface area contributed by atoms with Crippen LogP contribution in [0.3, 0.4) is 0 Å². The van der Waals surface area contributed by atoms with Crippen molar-refractivity contribution in [2.24, 2.45) is 5.73 Å². The maximum absolute atomic E-state index is 5.62. The number of rotatable bonds is 7. The molecule has 4 nitrogen and oxygen atoms in total. The maximum atomic E-state index is 5.62. The molecule has 0 saturated carbocycles. The molecule has 0 bridgehead atoms. The quantitative estimate of drug-likeness (QED) is 0.735. The van der Waals surface area contributed by atoms with Gasteiger partial charge in [-0.2, -0.15) is 0 Å². The summed E-state index contributed by atoms with van der Waals surface area (Å²) in [6.07, 6.45) is 3.26. The van der Waals surface area contributed by atoms with Crippen LogP contribution < -0.4 is 20.5 Å². The first-order chi connectivity index (χ1) is 9.31. The maximum Gasteiger partial charge on any atom is 0.161 e. The predicted octanol–water partition coefficient (Wildman–Crippen LogP) is 1.64. The van der Waals surface area contributed by atoms with Gasteiger partial charge in [-0.05, 0) is 69.1 Å². The van der Waals surface area contributed by atoms with Crippen LogP contribution in [0, 0.1) is 6.92 Å². The third-order valence-corrected chi connectivity index (χ3v) is 3.38. The Morgan fingerprint density at radius 3 is 2.58 bits per heavy atom. The van der Waals surface area contributed by atoms with Crippen LogP contribution in [0.4, 0.5) is 0 Å². The van der Waals surface area contributed by atoms with Gasteiger partial charge in [0.1, 0.15) is 13.2 Å². The molecule has 0 saturated heterocycles. The van der Waals surface area contributed by atoms with Gasteiger partial charge in [-0.25, -0.2) is 0 Å². The van der Waals surface area contributed by atoms with Crippen molar-refractivity contribution in [3.63, 3.8) is 0 Å². The zero-order chi connectivity index (χ0) is 13.5. The lowest BCUT2D eigenvalue weighted by molar-refractivity contribution is 0.171. The van der Waals surface area contributed by atoms with Gasteiger partial charge >= 0.3 is 0 Å². The summed E-state index contributed by atoms with van der Waals surface area (Å²) in [5.41, 5.74) is 8.07. The SMILES string of the molecule is Cc1cc2c(cc1CCNCCCCN)OCCO2. The highest BCUT2D eigenvalue weighted by Gasteiger charge is 2.13. The van der Waals surface area contributed by atoms with Crippen molar-refractivity contribution in [1.82, 2.24) is 5.32 Å². The standard InChI is InChI=1S/C15H24N2O2/c1-12-10-14-15(19-9-8-18-14)11-13(12)4-7-17-6-3-2-5-16/h10-11,17H,2-9,16H2,1H3. The Labute approximate surface area is 115 Å². The highest BCUT2D eigenvalue weighted by atomic mass is 16.6. The van der Waals surface area contributed by atoms with E-state index in [-0.39, 0.29) is 0 Å². The second-order valence-electron chi connectivity index (χ2n) is 4.92. The van der Waals surface area contributed by atoms with Gasteiger partial charge in [0, 0.05) is 0 Å². The van der Waals surface area contributed by atoms with E-state index in [0.717, 1.165) is 50.4 Å². The summed E-state index contributed by atoms with van der Waals surface area (Å²) in [5, 5.41) is 3.45. The number of ether oxygens (including phenoxy) is 2. The van der Waals surface area contributed by atoms with Crippen molar-refractivity contribution in [1.29, 1.82) is 0 Å². The summed E-state index contributed by atoms with van der Waals surface area (Å²) < 4.78 is 11.2. The van der Waals surface area contributed by atoms with E-state index in [2.05, 4.69) is 24.4 Å². The Balaban J connectivity index is 1.83. The summed E-state index contributed by atoms with van der Waals surface area (Å²) in [4.78, 5) is 0. The van der Waals surface area contributed by atoms with Crippen molar-refractivity contribution < 1.29 is 9.47 Å². The molecule has 0 aromatic heterocycles. The van der Waals surface area contributed by atoms with Crippen molar-refractivity contribution in [2.45, 2.75) is 26.2 Å². The number of nitrogens with two attached hydrogens (primary N) is 1. The van der Waals surface area contributed by atoms with Crippen molar-refractivity contribution in [3.8, 4) is 11.5 Å². The summed E-state index contributed by atoms with van der Waals surface area (Å²) in [5.74, 6) is 1.76. The molecule has 0 amide bonds. The first kappa shape index (κ1) is 14.2. The molecular formula is C15H24N2O2. The van der Waals surface area contributed by atoms with Crippen LogP contribution in [0.5, 0.6) is 11.5 Å². The van der Waals surface area contributed by atoms with Gasteiger partial charge in [-0.1, -0.05) is 0 Å². The average molecular weight is 264 g/mol. The number of hydrogen-bond acceptors (Lipinski definition) is 4. The minimum absolute atomic E-state index is 0.646. The molecule has 0 fully saturated rings. The Morgan fingerprint density at radius 1 is 1.11 bits per heavy atom. The van der Waals surface area contributed by atoms with E-state index in [9.17, 15) is 0 Å². The Kier molecular flexibility index (Phi) is 5.48. The van der Waals surface area contributed by atoms with Gasteiger partial charge in [0.25, 0.3) is 0 Å². The molecule has 1 aliphatic heterocycles. The second-order valence-corrected chi connectivity index (χ2v) is 4.92. The van der Waals surface area contributed by atoms with Gasteiger partial charge in [-0.15, -0.1) is 0 Å². The lowest BCUT2D eigenvalue weighted by Crippen LogP contribution is -2.20. The Bertz CT molecular complexity index is 407. The summed E-state index contributed by atoms with van der Waals surface area (Å²) >= 11 is 0. The first-order valence-corrected chi connectivity index (χ1v) is 7.11. The molecule has 3 N–H and O–H groups in total. The van der Waals surface area contributed by atoms with E-state index in [4.69, 9.17) is 15.2 Å². The molecule has 4 heteroatoms. The molecule has 1 aliphatic rings. The molecule has 0 aliphatic carbocycles. The monoisotopic (exact) mass is 264 g/mol. The predicted molar refractivity (Wildman–Crippen MR) is 77.0 cm³/mol. The van der Waals surface area contributed by atoms with Crippen molar-refractivity contribution in [3.05, 3.63) is 23.3 Å². The van der Waals surface area contributed by atoms with E-state index in [1.54, 1.807) is 0 Å². The van der Waals surface area contributed by atoms with E-state index >= 15 is 0 Å². The molecule has 2 rings (SSSR count). The molecule has 0 radical (unpaired) electrons. The summed E-state index contributed by atoms with van der Waals surface area (Å²) in [6, 6.07) is 4.20. The van der Waals surface area contributed by atoms with Crippen LogP contribution in [-0.4, -0.2) is 32.8 Å². The highest BCUT2D eigenvalue weighted by Crippen LogP contribution is 2.33. The van der Waals surface area contributed by atoms with Gasteiger partial charge in [0.15, 0.2) is 11.5 Å². The minimum atomic E-state index is 0.646. The number of nitrogens with one attached hydrogen (secondary N) is 1. The number of benzene rings is 1. The molecule has 1 heterocycles. The zero-order valence-corrected chi connectivity index (χ0v) is 11.7. The van der Waals surface area contributed by atoms with Gasteiger partial charge < -0.3 is 20.5 Å². The van der Waals surface area contributed by atoms with Crippen LogP contribution in [0.1, 0.15) is 24.0 Å². The van der Waals surface area contributed by atoms with Crippen LogP contribution >= 0.6 is 0 Å². The van der Waals surface area contributed by atoms with E-state index in [1.807, 2.05) is 0 Å². The molecule has 0 spiro atoms. The van der Waals surface area contributed by atoms with Gasteiger partial charge in [0.2, 0.25) is 0 Å². The van der Waals surface area contributed by atoms with Gasteiger partial charge in [-0.3, -0.25) is 0 Å². The normalized spacial score (nSPS) is 13.6. The largest absolute Gasteiger partial charge is 0.486 e. The van der Waals surface area contributed by atoms with Crippen LogP contribution in [0.2, 0.25) is 0 Å². The zero-order valence-electron chi connectivity index (χ0n) is 11.7. The Hall–Kier alpha value is -1.26. The fourth-order valence-electron chi connectivity index (χ4n) is 2.24. The van der Waals surface area contributed by atoms with Crippen molar-refractivity contribution in [2.75, 3.05) is 32.8 Å². The fraction of sp³-hybridized carbons (Fsp3) is 0.600. The summed E-state index contributed by atoms with van der Waals surface area (Å²) in [6.45, 7) is 6.23. The molecular weight excluding hydrogens is 240 g/mol. The number of unbranched alkanes of at least 4 members (excludes halogenated alkanes) is 1. The highest BCUT2D eigenvalue weighted by molar-refractivity contribution is 5.47. The number of fused-ring (bicyclic) bond motifs is 1. The molecule has 1 aromatic rings. The smallest absolute Gasteiger partial charge is 0.161 e. The lowest BCUT2D eigenvalue weighted by Gasteiger charge is -2.20. The fourth-order valence-corrected chi connectivity index (χ4v) is 2.24. The van der Waals surface area contributed by atoms with Crippen LogP contribution in [0.25, 0.3) is 0 Å². The first-order valence-electron chi connectivity index (χ1n) is 7.11. The Morgan fingerprint density at radius 2 is 1.84 bits per heavy atom. The average Bonchev–Trinajstić information content (AvgIpc) is 2.43. The van der Waals surface area contributed by atoms with Crippen LogP contribution in [0.15, 0.2) is 12.1 Å². The number of hydrogen-bond donors (Lipinski definition) is 2. The van der Waals surface area contributed by atoms with Crippen molar-refractivity contribution >= 4 is 0 Å². The van der Waals surface area contributed by atoms with E-state index in [0.29, 0.717) is 13.2 Å². The van der Waals surface area contributed by atoms with E-state index in [1.165, 1.54) is 11.1 Å². The van der Waals surface area contributed by atoms with E-state index < -0.39 is 0 Å². The topological polar surface area (TPSA) is 56.5 Å². The number of aryl methyl sites for hydroxylation is 1. The molecule has 0 unspecified atom stereocenters. The minimum Gasteiger partial charge on any atom is -0.486 e. The third kappa shape index (κ3) is 4.11. The lowest BCUT2D eigenvalue weighted by atomic mass is 10.0. The van der Waals surface area contributed by atoms with Crippen LogP contribution in [-0.2, 0) is 6.42 Å².